The van der Waals surface area contributed by atoms with Crippen LogP contribution in [0.1, 0.15) is 37.4 Å². The van der Waals surface area contributed by atoms with Gasteiger partial charge in [0.15, 0.2) is 0 Å². The van der Waals surface area contributed by atoms with Crippen LogP contribution in [0.5, 0.6) is 11.6 Å². The number of ether oxygens (including phenoxy) is 1. The highest BCUT2D eigenvalue weighted by Crippen LogP contribution is 2.36. The Morgan fingerprint density at radius 1 is 1.00 bits per heavy atom. The molecule has 0 bridgehead atoms. The molecule has 0 saturated heterocycles. The Morgan fingerprint density at radius 2 is 1.78 bits per heavy atom. The molecule has 1 fully saturated rings. The van der Waals surface area contributed by atoms with Crippen molar-refractivity contribution in [1.82, 2.24) is 19.4 Å². The molecule has 0 atom stereocenters. The molecule has 0 aliphatic heterocycles. The first-order chi connectivity index (χ1) is 17.5. The smallest absolute Gasteiger partial charge is 0.306 e. The third-order valence-corrected chi connectivity index (χ3v) is 6.95. The molecule has 0 amide bonds. The number of rotatable bonds is 5. The number of nitrogens with zero attached hydrogens (tertiary/aromatic N) is 4. The van der Waals surface area contributed by atoms with Crippen molar-refractivity contribution in [3.05, 3.63) is 78.9 Å². The number of carboxylic acids is 1. The summed E-state index contributed by atoms with van der Waals surface area (Å²) in [4.78, 5) is 25.3. The second-order valence-corrected chi connectivity index (χ2v) is 9.24. The second kappa shape index (κ2) is 8.96. The van der Waals surface area contributed by atoms with Gasteiger partial charge in [-0.3, -0.25) is 9.20 Å². The lowest BCUT2D eigenvalue weighted by Gasteiger charge is -2.25. The number of carboxylic acid groups (broad SMARTS) is 1. The number of nitrogens with two attached hydrogens (primary N) is 1. The van der Waals surface area contributed by atoms with E-state index in [0.29, 0.717) is 24.5 Å². The summed E-state index contributed by atoms with van der Waals surface area (Å²) < 4.78 is 7.92. The largest absolute Gasteiger partial charge is 0.481 e. The molecule has 8 nitrogen and oxygen atoms in total. The molecular weight excluding hydrogens is 454 g/mol. The van der Waals surface area contributed by atoms with Crippen molar-refractivity contribution < 1.29 is 14.6 Å². The quantitative estimate of drug-likeness (QED) is 0.333. The van der Waals surface area contributed by atoms with Crippen LogP contribution in [0, 0.1) is 5.92 Å². The van der Waals surface area contributed by atoms with Crippen LogP contribution in [0.25, 0.3) is 27.7 Å². The van der Waals surface area contributed by atoms with Crippen molar-refractivity contribution in [2.24, 2.45) is 5.92 Å². The number of para-hydroxylation sites is 1. The van der Waals surface area contributed by atoms with Crippen LogP contribution in [0.4, 0.5) is 5.82 Å². The Morgan fingerprint density at radius 3 is 2.56 bits per heavy atom. The summed E-state index contributed by atoms with van der Waals surface area (Å²) in [6.07, 6.45) is 6.61. The SMILES string of the molecule is Nc1nc(-c2ccc3ccc(Oc4ccccc4)nc3c2)cn2c(C3CCC(C(=O)O)CC3)ncc12. The van der Waals surface area contributed by atoms with Crippen LogP contribution in [-0.2, 0) is 4.79 Å². The molecule has 2 aromatic carbocycles. The maximum Gasteiger partial charge on any atom is 0.306 e. The molecule has 1 saturated carbocycles. The first kappa shape index (κ1) is 22.0. The van der Waals surface area contributed by atoms with Crippen molar-refractivity contribution >= 4 is 28.2 Å². The minimum Gasteiger partial charge on any atom is -0.481 e. The third kappa shape index (κ3) is 4.11. The zero-order valence-corrected chi connectivity index (χ0v) is 19.5. The van der Waals surface area contributed by atoms with E-state index >= 15 is 0 Å². The maximum atomic E-state index is 11.4. The lowest BCUT2D eigenvalue weighted by atomic mass is 9.81. The molecule has 1 aliphatic rings. The summed E-state index contributed by atoms with van der Waals surface area (Å²) in [5.41, 5.74) is 9.49. The molecule has 5 aromatic rings. The molecule has 8 heteroatoms. The number of pyridine rings is 1. The van der Waals surface area contributed by atoms with Crippen molar-refractivity contribution in [2.45, 2.75) is 31.6 Å². The molecule has 6 rings (SSSR count). The lowest BCUT2D eigenvalue weighted by Crippen LogP contribution is -2.21. The van der Waals surface area contributed by atoms with Gasteiger partial charge < -0.3 is 15.6 Å². The van der Waals surface area contributed by atoms with Crippen molar-refractivity contribution in [1.29, 1.82) is 0 Å². The number of hydrogen-bond acceptors (Lipinski definition) is 6. The molecule has 3 aromatic heterocycles. The fourth-order valence-electron chi connectivity index (χ4n) is 5.00. The van der Waals surface area contributed by atoms with E-state index in [-0.39, 0.29) is 11.8 Å². The molecular formula is C28H25N5O3. The van der Waals surface area contributed by atoms with Gasteiger partial charge in [-0.25, -0.2) is 15.0 Å². The van der Waals surface area contributed by atoms with E-state index in [9.17, 15) is 9.90 Å². The highest BCUT2D eigenvalue weighted by atomic mass is 16.5. The van der Waals surface area contributed by atoms with Crippen LogP contribution >= 0.6 is 0 Å². The number of nitrogen functional groups attached to an aromatic ring is 1. The number of benzene rings is 2. The van der Waals surface area contributed by atoms with E-state index in [1.165, 1.54) is 0 Å². The summed E-state index contributed by atoms with van der Waals surface area (Å²) in [6, 6.07) is 19.4. The summed E-state index contributed by atoms with van der Waals surface area (Å²) in [7, 11) is 0. The van der Waals surface area contributed by atoms with E-state index in [4.69, 9.17) is 15.5 Å². The van der Waals surface area contributed by atoms with Crippen LogP contribution < -0.4 is 10.5 Å². The van der Waals surface area contributed by atoms with Crippen LogP contribution in [0.15, 0.2) is 73.1 Å². The van der Waals surface area contributed by atoms with E-state index in [1.807, 2.05) is 71.3 Å². The fraction of sp³-hybridized carbons (Fsp3) is 0.214. The first-order valence-electron chi connectivity index (χ1n) is 12.1. The van der Waals surface area contributed by atoms with Gasteiger partial charge in [-0.05, 0) is 49.9 Å². The average molecular weight is 480 g/mol. The van der Waals surface area contributed by atoms with Gasteiger partial charge in [0.2, 0.25) is 5.88 Å². The highest BCUT2D eigenvalue weighted by molar-refractivity contribution is 5.84. The molecule has 3 heterocycles. The first-order valence-corrected chi connectivity index (χ1v) is 12.1. The molecule has 0 spiro atoms. The summed E-state index contributed by atoms with van der Waals surface area (Å²) in [5.74, 6) is 1.76. The monoisotopic (exact) mass is 479 g/mol. The summed E-state index contributed by atoms with van der Waals surface area (Å²) in [6.45, 7) is 0. The molecule has 3 N–H and O–H groups in total. The van der Waals surface area contributed by atoms with Crippen LogP contribution in [-0.4, -0.2) is 30.4 Å². The molecule has 1 aliphatic carbocycles. The van der Waals surface area contributed by atoms with Gasteiger partial charge in [-0.1, -0.05) is 30.3 Å². The van der Waals surface area contributed by atoms with Crippen molar-refractivity contribution in [3.63, 3.8) is 0 Å². The minimum absolute atomic E-state index is 0.189. The zero-order valence-electron chi connectivity index (χ0n) is 19.5. The normalized spacial score (nSPS) is 17.9. The number of anilines is 1. The van der Waals surface area contributed by atoms with Gasteiger partial charge in [0.1, 0.15) is 22.9 Å². The molecule has 0 radical (unpaired) electrons. The summed E-state index contributed by atoms with van der Waals surface area (Å²) >= 11 is 0. The van der Waals surface area contributed by atoms with Gasteiger partial charge in [-0.2, -0.15) is 0 Å². The molecule has 0 unspecified atom stereocenters. The number of fused-ring (bicyclic) bond motifs is 2. The van der Waals surface area contributed by atoms with Crippen LogP contribution in [0.2, 0.25) is 0 Å². The van der Waals surface area contributed by atoms with E-state index in [1.54, 1.807) is 6.20 Å². The lowest BCUT2D eigenvalue weighted by molar-refractivity contribution is -0.142. The predicted molar refractivity (Wildman–Crippen MR) is 137 cm³/mol. The van der Waals surface area contributed by atoms with E-state index in [2.05, 4.69) is 9.97 Å². The highest BCUT2D eigenvalue weighted by Gasteiger charge is 2.29. The van der Waals surface area contributed by atoms with Gasteiger partial charge in [-0.15, -0.1) is 0 Å². The number of aromatic nitrogens is 4. The topological polar surface area (TPSA) is 116 Å². The average Bonchev–Trinajstić information content (AvgIpc) is 3.33. The number of imidazole rings is 1. The third-order valence-electron chi connectivity index (χ3n) is 6.95. The Bertz CT molecular complexity index is 1570. The zero-order chi connectivity index (χ0) is 24.6. The summed E-state index contributed by atoms with van der Waals surface area (Å²) in [5, 5.41) is 10.3. The second-order valence-electron chi connectivity index (χ2n) is 9.24. The maximum absolute atomic E-state index is 11.4. The van der Waals surface area contributed by atoms with Crippen LogP contribution in [0.3, 0.4) is 0 Å². The number of aliphatic carboxylic acids is 1. The van der Waals surface area contributed by atoms with Crippen molar-refractivity contribution in [2.75, 3.05) is 5.73 Å². The fourth-order valence-corrected chi connectivity index (χ4v) is 5.00. The molecule has 36 heavy (non-hydrogen) atoms. The minimum atomic E-state index is -0.709. The standard InChI is InChI=1S/C28H25N5O3/c29-26-24-15-30-27(18-7-9-19(10-8-18)28(34)35)33(24)16-23(32-26)20-11-6-17-12-13-25(31-22(17)14-20)36-21-4-2-1-3-5-21/h1-6,11-16,18-19H,7-10H2,(H2,29,32)(H,34,35). The van der Waals surface area contributed by atoms with Gasteiger partial charge in [0.25, 0.3) is 0 Å². The van der Waals surface area contributed by atoms with Gasteiger partial charge >= 0.3 is 5.97 Å². The predicted octanol–water partition coefficient (Wildman–Crippen LogP) is 5.68. The van der Waals surface area contributed by atoms with E-state index in [0.717, 1.165) is 52.1 Å². The Balaban J connectivity index is 1.34. The number of hydrogen-bond donors (Lipinski definition) is 2. The molecule has 180 valence electrons. The van der Waals surface area contributed by atoms with Gasteiger partial charge in [0, 0.05) is 29.1 Å². The van der Waals surface area contributed by atoms with Gasteiger partial charge in [0.05, 0.1) is 23.3 Å². The number of carbonyl (C=O) groups is 1. The Kier molecular flexibility index (Phi) is 5.48. The van der Waals surface area contributed by atoms with Crippen molar-refractivity contribution in [3.8, 4) is 22.9 Å². The van der Waals surface area contributed by atoms with E-state index < -0.39 is 5.97 Å². The Labute approximate surface area is 207 Å². The Hall–Kier alpha value is -4.46.